The Balaban J connectivity index is 1.77. The number of nitrogens with zero attached hydrogens (tertiary/aromatic N) is 4. The Bertz CT molecular complexity index is 745. The smallest absolute Gasteiger partial charge is 0.438 e. The number of ether oxygens (including phenoxy) is 2. The lowest BCUT2D eigenvalue weighted by Gasteiger charge is -2.14. The topological polar surface area (TPSA) is 105 Å². The van der Waals surface area contributed by atoms with Crippen molar-refractivity contribution >= 4 is 34.9 Å². The molecule has 0 amide bonds. The van der Waals surface area contributed by atoms with Crippen LogP contribution in [-0.4, -0.2) is 39.4 Å². The van der Waals surface area contributed by atoms with Crippen molar-refractivity contribution in [2.75, 3.05) is 19.5 Å². The van der Waals surface area contributed by atoms with Crippen molar-refractivity contribution in [1.29, 1.82) is 0 Å². The molecule has 2 heterocycles. The second-order valence-corrected chi connectivity index (χ2v) is 5.27. The van der Waals surface area contributed by atoms with Crippen LogP contribution < -0.4 is 5.73 Å². The molecule has 0 fully saturated rings. The Morgan fingerprint density at radius 3 is 3.09 bits per heavy atom. The van der Waals surface area contributed by atoms with E-state index in [2.05, 4.69) is 19.7 Å². The summed E-state index contributed by atoms with van der Waals surface area (Å²) < 4.78 is 11.3. The zero-order valence-corrected chi connectivity index (χ0v) is 12.5. The number of carbonyl (C=O) groups is 1. The molecule has 22 heavy (non-hydrogen) atoms. The van der Waals surface area contributed by atoms with Crippen molar-refractivity contribution in [1.82, 2.24) is 19.5 Å². The van der Waals surface area contributed by atoms with Crippen LogP contribution in [0.15, 0.2) is 18.5 Å². The molecule has 3 rings (SSSR count). The Kier molecular flexibility index (Phi) is 3.84. The molecule has 0 spiro atoms. The molecule has 9 heteroatoms. The van der Waals surface area contributed by atoms with E-state index in [1.807, 2.05) is 16.7 Å². The number of allylic oxidation sites excluding steroid dienone is 1. The first-order valence-corrected chi connectivity index (χ1v) is 7.01. The van der Waals surface area contributed by atoms with Crippen molar-refractivity contribution in [3.8, 4) is 0 Å². The number of anilines is 1. The van der Waals surface area contributed by atoms with Crippen molar-refractivity contribution in [2.45, 2.75) is 12.5 Å². The van der Waals surface area contributed by atoms with E-state index < -0.39 is 6.16 Å². The van der Waals surface area contributed by atoms with E-state index in [1.165, 1.54) is 7.11 Å². The van der Waals surface area contributed by atoms with Gasteiger partial charge in [0.1, 0.15) is 12.1 Å². The van der Waals surface area contributed by atoms with Gasteiger partial charge in [-0.15, -0.1) is 0 Å². The van der Waals surface area contributed by atoms with Gasteiger partial charge in [-0.3, -0.25) is 0 Å². The summed E-state index contributed by atoms with van der Waals surface area (Å²) in [7, 11) is 1.28. The molecule has 0 saturated carbocycles. The first-order valence-electron chi connectivity index (χ1n) is 6.63. The molecule has 0 bridgehead atoms. The van der Waals surface area contributed by atoms with E-state index in [-0.39, 0.29) is 29.7 Å². The molecule has 116 valence electrons. The summed E-state index contributed by atoms with van der Waals surface area (Å²) in [5.41, 5.74) is 6.74. The predicted molar refractivity (Wildman–Crippen MR) is 79.4 cm³/mol. The minimum Gasteiger partial charge on any atom is -0.438 e. The lowest BCUT2D eigenvalue weighted by atomic mass is 10.1. The summed E-state index contributed by atoms with van der Waals surface area (Å²) in [5, 5.41) is 0.230. The van der Waals surface area contributed by atoms with Gasteiger partial charge >= 0.3 is 6.16 Å². The fourth-order valence-corrected chi connectivity index (χ4v) is 2.68. The maximum Gasteiger partial charge on any atom is 0.507 e. The Morgan fingerprint density at radius 1 is 1.50 bits per heavy atom. The molecule has 0 aromatic carbocycles. The number of halogens is 1. The Labute approximate surface area is 130 Å². The summed E-state index contributed by atoms with van der Waals surface area (Å²) >= 11 is 6.02. The van der Waals surface area contributed by atoms with Gasteiger partial charge in [0.2, 0.25) is 5.95 Å². The van der Waals surface area contributed by atoms with Gasteiger partial charge in [0.05, 0.1) is 19.5 Å². The zero-order valence-electron chi connectivity index (χ0n) is 11.8. The number of carbonyl (C=O) groups excluding carboxylic acids is 1. The van der Waals surface area contributed by atoms with Crippen molar-refractivity contribution < 1.29 is 14.3 Å². The molecule has 1 aliphatic rings. The van der Waals surface area contributed by atoms with Crippen molar-refractivity contribution in [3.05, 3.63) is 23.6 Å². The van der Waals surface area contributed by atoms with Gasteiger partial charge in [0, 0.05) is 5.92 Å². The monoisotopic (exact) mass is 323 g/mol. The maximum atomic E-state index is 11.0. The first-order chi connectivity index (χ1) is 10.6. The number of methoxy groups -OCH3 is 1. The molecule has 0 unspecified atom stereocenters. The highest BCUT2D eigenvalue weighted by Gasteiger charge is 2.24. The molecular formula is C13H14ClN5O3. The summed E-state index contributed by atoms with van der Waals surface area (Å²) in [6.45, 7) is 0.268. The average Bonchev–Trinajstić information content (AvgIpc) is 3.10. The maximum absolute atomic E-state index is 11.0. The largest absolute Gasteiger partial charge is 0.507 e. The third kappa shape index (κ3) is 2.69. The molecule has 8 nitrogen and oxygen atoms in total. The van der Waals surface area contributed by atoms with E-state index in [1.54, 1.807) is 6.33 Å². The van der Waals surface area contributed by atoms with Crippen LogP contribution in [0.3, 0.4) is 0 Å². The van der Waals surface area contributed by atoms with Crippen LogP contribution in [0.4, 0.5) is 10.7 Å². The lowest BCUT2D eigenvalue weighted by molar-refractivity contribution is 0.0641. The van der Waals surface area contributed by atoms with Crippen molar-refractivity contribution in [3.63, 3.8) is 0 Å². The molecule has 0 aliphatic heterocycles. The number of rotatable bonds is 3. The summed E-state index contributed by atoms with van der Waals surface area (Å²) in [6.07, 6.45) is 5.73. The Hall–Kier alpha value is -2.35. The van der Waals surface area contributed by atoms with Crippen LogP contribution in [0.2, 0.25) is 5.15 Å². The number of nitrogen functional groups attached to an aromatic ring is 1. The minimum atomic E-state index is -0.683. The number of hydrogen-bond acceptors (Lipinski definition) is 7. The van der Waals surface area contributed by atoms with E-state index >= 15 is 0 Å². The van der Waals surface area contributed by atoms with Gasteiger partial charge in [0.15, 0.2) is 10.8 Å². The number of nitrogens with two attached hydrogens (primary N) is 1. The van der Waals surface area contributed by atoms with Crippen LogP contribution in [0.25, 0.3) is 11.2 Å². The third-order valence-electron chi connectivity index (χ3n) is 3.49. The molecule has 2 aromatic heterocycles. The highest BCUT2D eigenvalue weighted by molar-refractivity contribution is 6.33. The van der Waals surface area contributed by atoms with Crippen LogP contribution in [0.5, 0.6) is 0 Å². The van der Waals surface area contributed by atoms with Gasteiger partial charge in [-0.1, -0.05) is 23.8 Å². The molecule has 0 saturated heterocycles. The van der Waals surface area contributed by atoms with Crippen LogP contribution in [0, 0.1) is 5.92 Å². The lowest BCUT2D eigenvalue weighted by Crippen LogP contribution is -2.13. The number of aromatic nitrogens is 4. The third-order valence-corrected chi connectivity index (χ3v) is 3.75. The molecule has 2 aromatic rings. The quantitative estimate of drug-likeness (QED) is 0.523. The standard InChI is InChI=1S/C13H14ClN5O3/c1-21-13(20)22-5-7-2-3-8(4-7)19-6-16-9-10(14)17-12(15)18-11(9)19/h2-3,6-8H,4-5H2,1H3,(H2,15,17,18)/t7-,8+/m1/s1. The second-order valence-electron chi connectivity index (χ2n) is 4.91. The van der Waals surface area contributed by atoms with Crippen LogP contribution in [0.1, 0.15) is 12.5 Å². The first kappa shape index (κ1) is 14.6. The highest BCUT2D eigenvalue weighted by atomic mass is 35.5. The summed E-state index contributed by atoms with van der Waals surface area (Å²) in [5.74, 6) is 0.211. The average molecular weight is 324 g/mol. The zero-order chi connectivity index (χ0) is 15.7. The van der Waals surface area contributed by atoms with Crippen LogP contribution >= 0.6 is 11.6 Å². The van der Waals surface area contributed by atoms with Gasteiger partial charge < -0.3 is 19.8 Å². The normalized spacial score (nSPS) is 20.5. The highest BCUT2D eigenvalue weighted by Crippen LogP contribution is 2.31. The van der Waals surface area contributed by atoms with Crippen molar-refractivity contribution in [2.24, 2.45) is 5.92 Å². The number of hydrogen-bond donors (Lipinski definition) is 1. The van der Waals surface area contributed by atoms with Gasteiger partial charge in [-0.25, -0.2) is 9.78 Å². The van der Waals surface area contributed by atoms with E-state index in [0.29, 0.717) is 11.2 Å². The molecule has 2 N–H and O–H groups in total. The number of fused-ring (bicyclic) bond motifs is 1. The molecule has 2 atom stereocenters. The molecule has 0 radical (unpaired) electrons. The number of imidazole rings is 1. The summed E-state index contributed by atoms with van der Waals surface area (Å²) in [4.78, 5) is 23.3. The van der Waals surface area contributed by atoms with Crippen LogP contribution in [-0.2, 0) is 9.47 Å². The van der Waals surface area contributed by atoms with E-state index in [4.69, 9.17) is 22.1 Å². The van der Waals surface area contributed by atoms with E-state index in [9.17, 15) is 4.79 Å². The van der Waals surface area contributed by atoms with Gasteiger partial charge in [-0.2, -0.15) is 9.97 Å². The molecular weight excluding hydrogens is 310 g/mol. The Morgan fingerprint density at radius 2 is 2.32 bits per heavy atom. The van der Waals surface area contributed by atoms with E-state index in [0.717, 1.165) is 6.42 Å². The van der Waals surface area contributed by atoms with Gasteiger partial charge in [-0.05, 0) is 6.42 Å². The second kappa shape index (κ2) is 5.80. The molecule has 1 aliphatic carbocycles. The fourth-order valence-electron chi connectivity index (χ4n) is 2.46. The minimum absolute atomic E-state index is 0.0432. The SMILES string of the molecule is COC(=O)OC[C@@H]1C=C[C@H](n2cnc3c(Cl)nc(N)nc32)C1. The predicted octanol–water partition coefficient (Wildman–Crippen LogP) is 1.96. The summed E-state index contributed by atoms with van der Waals surface area (Å²) in [6, 6.07) is 0.0432. The van der Waals surface area contributed by atoms with Gasteiger partial charge in [0.25, 0.3) is 0 Å². The fraction of sp³-hybridized carbons (Fsp3) is 0.385.